The van der Waals surface area contributed by atoms with Crippen LogP contribution in [0.25, 0.3) is 5.65 Å². The Kier molecular flexibility index (Phi) is 6.62. The third kappa shape index (κ3) is 5.15. The molecule has 34 heavy (non-hydrogen) atoms. The number of aliphatic hydroxyl groups is 2. The molecular formula is C21H22F3N5O5. The van der Waals surface area contributed by atoms with E-state index in [1.54, 1.807) is 20.8 Å². The summed E-state index contributed by atoms with van der Waals surface area (Å²) in [5.41, 5.74) is -2.29. The first-order chi connectivity index (χ1) is 15.7. The van der Waals surface area contributed by atoms with E-state index < -0.39 is 52.6 Å². The molecule has 13 heteroatoms. The standard InChI is InChI=1S/C21H22F3N5O5/c1-20(2,3)15-9-16(21(22,23)24)28-17(26-15)8-13(27-28)19(32)25-14(10-30)18(31)11-4-6-12(7-5-11)29(33)34/h4-9,14,18,30-31H,10H2,1-3H3,(H,25,32). The zero-order chi connectivity index (χ0) is 25.4. The van der Waals surface area contributed by atoms with Crippen molar-refractivity contribution in [3.05, 3.63) is 69.2 Å². The van der Waals surface area contributed by atoms with Gasteiger partial charge >= 0.3 is 6.18 Å². The first-order valence-corrected chi connectivity index (χ1v) is 10.0. The van der Waals surface area contributed by atoms with Crippen LogP contribution in [0, 0.1) is 10.1 Å². The number of nitrogens with one attached hydrogen (secondary N) is 1. The Labute approximate surface area is 191 Å². The Morgan fingerprint density at radius 2 is 1.82 bits per heavy atom. The van der Waals surface area contributed by atoms with Crippen molar-refractivity contribution in [2.24, 2.45) is 0 Å². The van der Waals surface area contributed by atoms with Crippen LogP contribution in [0.15, 0.2) is 36.4 Å². The molecule has 1 aromatic carbocycles. The van der Waals surface area contributed by atoms with E-state index in [2.05, 4.69) is 15.4 Å². The van der Waals surface area contributed by atoms with Crippen LogP contribution >= 0.6 is 0 Å². The van der Waals surface area contributed by atoms with Gasteiger partial charge in [0.15, 0.2) is 11.3 Å². The highest BCUT2D eigenvalue weighted by atomic mass is 19.4. The molecule has 0 bridgehead atoms. The second-order valence-electron chi connectivity index (χ2n) is 8.63. The van der Waals surface area contributed by atoms with Crippen LogP contribution in [0.4, 0.5) is 18.9 Å². The van der Waals surface area contributed by atoms with E-state index in [1.165, 1.54) is 12.1 Å². The van der Waals surface area contributed by atoms with Crippen LogP contribution < -0.4 is 5.32 Å². The van der Waals surface area contributed by atoms with Crippen LogP contribution in [0.2, 0.25) is 0 Å². The summed E-state index contributed by atoms with van der Waals surface area (Å²) in [5.74, 6) is -0.948. The lowest BCUT2D eigenvalue weighted by atomic mass is 9.91. The molecule has 0 saturated carbocycles. The first kappa shape index (κ1) is 25.1. The highest BCUT2D eigenvalue weighted by molar-refractivity contribution is 5.93. The van der Waals surface area contributed by atoms with Crippen molar-refractivity contribution in [3.8, 4) is 0 Å². The van der Waals surface area contributed by atoms with E-state index in [4.69, 9.17) is 0 Å². The van der Waals surface area contributed by atoms with Crippen molar-refractivity contribution < 1.29 is 33.1 Å². The summed E-state index contributed by atoms with van der Waals surface area (Å²) in [6.07, 6.45) is -6.22. The number of non-ortho nitro benzene ring substituents is 1. The van der Waals surface area contributed by atoms with Crippen LogP contribution in [0.5, 0.6) is 0 Å². The summed E-state index contributed by atoms with van der Waals surface area (Å²) >= 11 is 0. The molecule has 0 radical (unpaired) electrons. The molecule has 0 aliphatic carbocycles. The SMILES string of the molecule is CC(C)(C)c1cc(C(F)(F)F)n2nc(C(=O)NC(CO)C(O)c3ccc([N+](=O)[O-])cc3)cc2n1. The van der Waals surface area contributed by atoms with Crippen molar-refractivity contribution >= 4 is 17.2 Å². The number of hydrogen-bond donors (Lipinski definition) is 3. The molecule has 182 valence electrons. The van der Waals surface area contributed by atoms with Gasteiger partial charge < -0.3 is 15.5 Å². The van der Waals surface area contributed by atoms with Gasteiger partial charge in [-0.1, -0.05) is 20.8 Å². The lowest BCUT2D eigenvalue weighted by molar-refractivity contribution is -0.384. The Balaban J connectivity index is 1.91. The van der Waals surface area contributed by atoms with E-state index >= 15 is 0 Å². The van der Waals surface area contributed by atoms with Gasteiger partial charge in [-0.25, -0.2) is 9.50 Å². The molecule has 2 unspecified atom stereocenters. The number of rotatable bonds is 6. The summed E-state index contributed by atoms with van der Waals surface area (Å²) < 4.78 is 41.4. The molecule has 10 nitrogen and oxygen atoms in total. The van der Waals surface area contributed by atoms with Gasteiger partial charge in [0.1, 0.15) is 11.8 Å². The smallest absolute Gasteiger partial charge is 0.394 e. The molecule has 2 atom stereocenters. The normalized spacial score (nSPS) is 14.1. The number of hydrogen-bond acceptors (Lipinski definition) is 7. The molecule has 2 heterocycles. The summed E-state index contributed by atoms with van der Waals surface area (Å²) in [5, 5.41) is 37.0. The predicted octanol–water partition coefficient (Wildman–Crippen LogP) is 2.78. The third-order valence-corrected chi connectivity index (χ3v) is 5.06. The fourth-order valence-electron chi connectivity index (χ4n) is 3.16. The number of carbonyl (C=O) groups excluding carboxylic acids is 1. The maximum Gasteiger partial charge on any atom is 0.433 e. The monoisotopic (exact) mass is 481 g/mol. The highest BCUT2D eigenvalue weighted by Gasteiger charge is 2.37. The minimum absolute atomic E-state index is 0.154. The molecule has 3 aromatic rings. The molecule has 0 aliphatic heterocycles. The lowest BCUT2D eigenvalue weighted by Crippen LogP contribution is -2.42. The Morgan fingerprint density at radius 3 is 2.32 bits per heavy atom. The van der Waals surface area contributed by atoms with Gasteiger partial charge in [0, 0.05) is 23.6 Å². The Bertz CT molecular complexity index is 1220. The number of nitro benzene ring substituents is 1. The van der Waals surface area contributed by atoms with Gasteiger partial charge in [-0.05, 0) is 23.8 Å². The van der Waals surface area contributed by atoms with Crippen molar-refractivity contribution in [1.29, 1.82) is 0 Å². The quantitative estimate of drug-likeness (QED) is 0.363. The van der Waals surface area contributed by atoms with Gasteiger partial charge in [-0.15, -0.1) is 0 Å². The van der Waals surface area contributed by atoms with E-state index in [9.17, 15) is 38.3 Å². The molecule has 0 saturated heterocycles. The summed E-state index contributed by atoms with van der Waals surface area (Å²) in [6.45, 7) is 4.36. The average Bonchev–Trinajstić information content (AvgIpc) is 3.19. The zero-order valence-electron chi connectivity index (χ0n) is 18.4. The fourth-order valence-corrected chi connectivity index (χ4v) is 3.16. The number of amides is 1. The topological polar surface area (TPSA) is 143 Å². The van der Waals surface area contributed by atoms with E-state index in [0.29, 0.717) is 4.52 Å². The maximum absolute atomic E-state index is 13.6. The van der Waals surface area contributed by atoms with Crippen molar-refractivity contribution in [2.45, 2.75) is 44.5 Å². The average molecular weight is 481 g/mol. The number of benzene rings is 1. The van der Waals surface area contributed by atoms with Gasteiger partial charge in [0.2, 0.25) is 0 Å². The van der Waals surface area contributed by atoms with Crippen molar-refractivity contribution in [2.75, 3.05) is 6.61 Å². The van der Waals surface area contributed by atoms with Gasteiger partial charge in [0.25, 0.3) is 11.6 Å². The molecule has 3 N–H and O–H groups in total. The Hall–Kier alpha value is -3.58. The molecular weight excluding hydrogens is 459 g/mol. The molecule has 3 rings (SSSR count). The second kappa shape index (κ2) is 8.99. The van der Waals surface area contributed by atoms with Gasteiger partial charge in [-0.2, -0.15) is 18.3 Å². The van der Waals surface area contributed by atoms with Crippen molar-refractivity contribution in [3.63, 3.8) is 0 Å². The molecule has 1 amide bonds. The number of alkyl halides is 3. The molecule has 0 fully saturated rings. The first-order valence-electron chi connectivity index (χ1n) is 10.0. The minimum Gasteiger partial charge on any atom is -0.394 e. The third-order valence-electron chi connectivity index (χ3n) is 5.06. The number of aliphatic hydroxyl groups excluding tert-OH is 2. The van der Waals surface area contributed by atoms with E-state index in [0.717, 1.165) is 24.3 Å². The second-order valence-corrected chi connectivity index (χ2v) is 8.63. The van der Waals surface area contributed by atoms with Gasteiger partial charge in [-0.3, -0.25) is 14.9 Å². The summed E-state index contributed by atoms with van der Waals surface area (Å²) in [4.78, 5) is 27.0. The maximum atomic E-state index is 13.6. The highest BCUT2D eigenvalue weighted by Crippen LogP contribution is 2.32. The lowest BCUT2D eigenvalue weighted by Gasteiger charge is -2.22. The number of halogens is 3. The Morgan fingerprint density at radius 1 is 1.21 bits per heavy atom. The fraction of sp³-hybridized carbons (Fsp3) is 0.381. The number of aromatic nitrogens is 3. The van der Waals surface area contributed by atoms with Crippen LogP contribution in [0.3, 0.4) is 0 Å². The van der Waals surface area contributed by atoms with E-state index in [-0.39, 0.29) is 22.6 Å². The summed E-state index contributed by atoms with van der Waals surface area (Å²) in [7, 11) is 0. The van der Waals surface area contributed by atoms with Crippen LogP contribution in [0.1, 0.15) is 54.3 Å². The number of fused-ring (bicyclic) bond motifs is 1. The van der Waals surface area contributed by atoms with E-state index in [1.807, 2.05) is 0 Å². The van der Waals surface area contributed by atoms with Crippen molar-refractivity contribution in [1.82, 2.24) is 19.9 Å². The molecule has 0 spiro atoms. The van der Waals surface area contributed by atoms with Crippen LogP contribution in [-0.2, 0) is 11.6 Å². The van der Waals surface area contributed by atoms with Gasteiger partial charge in [0.05, 0.1) is 23.3 Å². The zero-order valence-corrected chi connectivity index (χ0v) is 18.4. The number of carbonyl (C=O) groups is 1. The molecule has 2 aromatic heterocycles. The largest absolute Gasteiger partial charge is 0.433 e. The number of nitro groups is 1. The molecule has 0 aliphatic rings. The van der Waals surface area contributed by atoms with Crippen LogP contribution in [-0.4, -0.2) is 48.3 Å². The predicted molar refractivity (Wildman–Crippen MR) is 113 cm³/mol. The minimum atomic E-state index is -4.76. The number of nitrogens with zero attached hydrogens (tertiary/aromatic N) is 4. The summed E-state index contributed by atoms with van der Waals surface area (Å²) in [6, 6.07) is 5.50.